The van der Waals surface area contributed by atoms with Gasteiger partial charge in [0.2, 0.25) is 0 Å². The standard InChI is InChI=1S/C18H26F3N3.HI/c1-2-22-17(23-13-12-18(19,20)21)24-16-10-8-15(9-11-16)14-6-4-3-5-7-14;/h3-7,15-16H,2,8-13H2,1H3,(H2,22,23,24);1H. The Morgan fingerprint density at radius 1 is 1.12 bits per heavy atom. The molecule has 0 atom stereocenters. The Balaban J connectivity index is 0.00000312. The van der Waals surface area contributed by atoms with E-state index in [0.717, 1.165) is 25.7 Å². The topological polar surface area (TPSA) is 36.4 Å². The minimum absolute atomic E-state index is 0. The first-order valence-electron chi connectivity index (χ1n) is 8.64. The number of nitrogens with zero attached hydrogens (tertiary/aromatic N) is 1. The van der Waals surface area contributed by atoms with Crippen LogP contribution in [0.1, 0.15) is 50.5 Å². The lowest BCUT2D eigenvalue weighted by molar-refractivity contribution is -0.132. The zero-order valence-electron chi connectivity index (χ0n) is 14.5. The SMILES string of the molecule is CCNC(=NCCC(F)(F)F)NC1CCC(c2ccccc2)CC1.I. The molecule has 1 aliphatic rings. The highest BCUT2D eigenvalue weighted by Gasteiger charge is 2.26. The second-order valence-corrected chi connectivity index (χ2v) is 6.23. The molecule has 0 saturated heterocycles. The van der Waals surface area contributed by atoms with E-state index in [0.29, 0.717) is 18.4 Å². The van der Waals surface area contributed by atoms with Crippen LogP contribution in [0.15, 0.2) is 35.3 Å². The molecule has 2 rings (SSSR count). The summed E-state index contributed by atoms with van der Waals surface area (Å²) in [5.41, 5.74) is 1.38. The Morgan fingerprint density at radius 3 is 2.32 bits per heavy atom. The van der Waals surface area contributed by atoms with E-state index in [1.807, 2.05) is 13.0 Å². The van der Waals surface area contributed by atoms with Crippen molar-refractivity contribution in [2.45, 2.75) is 57.2 Å². The molecule has 0 radical (unpaired) electrons. The average Bonchev–Trinajstić information content (AvgIpc) is 2.55. The summed E-state index contributed by atoms with van der Waals surface area (Å²) < 4.78 is 36.7. The van der Waals surface area contributed by atoms with Crippen LogP contribution in [0.5, 0.6) is 0 Å². The zero-order valence-corrected chi connectivity index (χ0v) is 16.8. The number of hydrogen-bond acceptors (Lipinski definition) is 1. The van der Waals surface area contributed by atoms with Crippen LogP contribution in [-0.4, -0.2) is 31.3 Å². The summed E-state index contributed by atoms with van der Waals surface area (Å²) in [5.74, 6) is 1.07. The molecule has 0 amide bonds. The van der Waals surface area contributed by atoms with Crippen molar-refractivity contribution in [3.8, 4) is 0 Å². The van der Waals surface area contributed by atoms with Gasteiger partial charge in [-0.3, -0.25) is 4.99 Å². The van der Waals surface area contributed by atoms with E-state index < -0.39 is 12.6 Å². The minimum atomic E-state index is -4.16. The molecule has 3 nitrogen and oxygen atoms in total. The number of rotatable bonds is 5. The number of benzene rings is 1. The van der Waals surface area contributed by atoms with Crippen LogP contribution in [0.2, 0.25) is 0 Å². The van der Waals surface area contributed by atoms with Crippen LogP contribution in [0.4, 0.5) is 13.2 Å². The summed E-state index contributed by atoms with van der Waals surface area (Å²) in [4.78, 5) is 4.04. The van der Waals surface area contributed by atoms with Crippen LogP contribution < -0.4 is 10.6 Å². The third-order valence-corrected chi connectivity index (χ3v) is 4.35. The second-order valence-electron chi connectivity index (χ2n) is 6.23. The molecule has 0 unspecified atom stereocenters. The van der Waals surface area contributed by atoms with Gasteiger partial charge in [-0.1, -0.05) is 30.3 Å². The summed E-state index contributed by atoms with van der Waals surface area (Å²) in [7, 11) is 0. The van der Waals surface area contributed by atoms with Gasteiger partial charge in [0.15, 0.2) is 5.96 Å². The monoisotopic (exact) mass is 469 g/mol. The maximum Gasteiger partial charge on any atom is 0.390 e. The Kier molecular flexibility index (Phi) is 9.60. The fourth-order valence-corrected chi connectivity index (χ4v) is 3.10. The smallest absolute Gasteiger partial charge is 0.357 e. The van der Waals surface area contributed by atoms with Crippen molar-refractivity contribution >= 4 is 29.9 Å². The highest BCUT2D eigenvalue weighted by Crippen LogP contribution is 2.32. The highest BCUT2D eigenvalue weighted by molar-refractivity contribution is 14.0. The molecule has 1 saturated carbocycles. The zero-order chi connectivity index (χ0) is 17.4. The van der Waals surface area contributed by atoms with Gasteiger partial charge in [-0.2, -0.15) is 13.2 Å². The molecule has 1 aromatic carbocycles. The first-order valence-corrected chi connectivity index (χ1v) is 8.64. The summed E-state index contributed by atoms with van der Waals surface area (Å²) in [6.07, 6.45) is -0.862. The Bertz CT molecular complexity index is 512. The maximum absolute atomic E-state index is 12.2. The normalized spacial score (nSPS) is 21.4. The number of aliphatic imine (C=N–C) groups is 1. The fourth-order valence-electron chi connectivity index (χ4n) is 3.10. The molecule has 0 aliphatic heterocycles. The lowest BCUT2D eigenvalue weighted by atomic mass is 9.82. The van der Waals surface area contributed by atoms with Gasteiger partial charge in [0, 0.05) is 12.6 Å². The van der Waals surface area contributed by atoms with Gasteiger partial charge in [0.1, 0.15) is 0 Å². The van der Waals surface area contributed by atoms with E-state index in [-0.39, 0.29) is 36.6 Å². The Morgan fingerprint density at radius 2 is 1.76 bits per heavy atom. The van der Waals surface area contributed by atoms with Gasteiger partial charge in [-0.05, 0) is 44.1 Å². The molecular formula is C18H27F3IN3. The van der Waals surface area contributed by atoms with Gasteiger partial charge in [-0.25, -0.2) is 0 Å². The van der Waals surface area contributed by atoms with E-state index in [1.165, 1.54) is 5.56 Å². The molecule has 1 aliphatic carbocycles. The minimum Gasteiger partial charge on any atom is -0.357 e. The van der Waals surface area contributed by atoms with Gasteiger partial charge in [-0.15, -0.1) is 24.0 Å². The number of nitrogens with one attached hydrogen (secondary N) is 2. The molecule has 1 aromatic rings. The summed E-state index contributed by atoms with van der Waals surface area (Å²) in [6.45, 7) is 2.31. The molecule has 142 valence electrons. The van der Waals surface area contributed by atoms with Crippen molar-refractivity contribution in [2.75, 3.05) is 13.1 Å². The second kappa shape index (κ2) is 10.9. The van der Waals surface area contributed by atoms with Gasteiger partial charge < -0.3 is 10.6 Å². The van der Waals surface area contributed by atoms with E-state index in [9.17, 15) is 13.2 Å². The van der Waals surface area contributed by atoms with E-state index in [1.54, 1.807) is 0 Å². The predicted octanol–water partition coefficient (Wildman–Crippen LogP) is 4.84. The Hall–Kier alpha value is -0.990. The largest absolute Gasteiger partial charge is 0.390 e. The first kappa shape index (κ1) is 22.1. The van der Waals surface area contributed by atoms with Crippen LogP contribution in [0.3, 0.4) is 0 Å². The molecule has 0 aromatic heterocycles. The van der Waals surface area contributed by atoms with Crippen LogP contribution in [-0.2, 0) is 0 Å². The van der Waals surface area contributed by atoms with Crippen molar-refractivity contribution in [2.24, 2.45) is 4.99 Å². The van der Waals surface area contributed by atoms with E-state index >= 15 is 0 Å². The number of hydrogen-bond donors (Lipinski definition) is 2. The van der Waals surface area contributed by atoms with Crippen LogP contribution in [0, 0.1) is 0 Å². The predicted molar refractivity (Wildman–Crippen MR) is 107 cm³/mol. The van der Waals surface area contributed by atoms with Crippen molar-refractivity contribution < 1.29 is 13.2 Å². The van der Waals surface area contributed by atoms with Crippen LogP contribution in [0.25, 0.3) is 0 Å². The van der Waals surface area contributed by atoms with Crippen molar-refractivity contribution in [3.05, 3.63) is 35.9 Å². The molecule has 0 spiro atoms. The van der Waals surface area contributed by atoms with Gasteiger partial charge in [0.25, 0.3) is 0 Å². The first-order chi connectivity index (χ1) is 11.5. The molecule has 2 N–H and O–H groups in total. The van der Waals surface area contributed by atoms with Gasteiger partial charge >= 0.3 is 6.18 Å². The molecule has 1 fully saturated rings. The number of alkyl halides is 3. The average molecular weight is 469 g/mol. The Labute approximate surface area is 164 Å². The third-order valence-electron chi connectivity index (χ3n) is 4.35. The molecular weight excluding hydrogens is 442 g/mol. The number of guanidine groups is 1. The van der Waals surface area contributed by atoms with E-state index in [2.05, 4.69) is 39.9 Å². The van der Waals surface area contributed by atoms with Crippen LogP contribution >= 0.6 is 24.0 Å². The third kappa shape index (κ3) is 8.29. The lowest BCUT2D eigenvalue weighted by Gasteiger charge is -2.30. The maximum atomic E-state index is 12.2. The quantitative estimate of drug-likeness (QED) is 0.368. The van der Waals surface area contributed by atoms with E-state index in [4.69, 9.17) is 0 Å². The number of halogens is 4. The van der Waals surface area contributed by atoms with Gasteiger partial charge in [0.05, 0.1) is 13.0 Å². The molecule has 0 bridgehead atoms. The molecule has 25 heavy (non-hydrogen) atoms. The lowest BCUT2D eigenvalue weighted by Crippen LogP contribution is -2.44. The summed E-state index contributed by atoms with van der Waals surface area (Å²) in [5, 5.41) is 6.32. The molecule has 7 heteroatoms. The summed E-state index contributed by atoms with van der Waals surface area (Å²) in [6, 6.07) is 10.8. The highest BCUT2D eigenvalue weighted by atomic mass is 127. The summed E-state index contributed by atoms with van der Waals surface area (Å²) >= 11 is 0. The molecule has 0 heterocycles. The van der Waals surface area contributed by atoms with Crippen molar-refractivity contribution in [1.82, 2.24) is 10.6 Å². The fraction of sp³-hybridized carbons (Fsp3) is 0.611. The van der Waals surface area contributed by atoms with Crippen molar-refractivity contribution in [1.29, 1.82) is 0 Å². The van der Waals surface area contributed by atoms with Crippen molar-refractivity contribution in [3.63, 3.8) is 0 Å².